The summed E-state index contributed by atoms with van der Waals surface area (Å²) in [5, 5.41) is 4.19. The highest BCUT2D eigenvalue weighted by molar-refractivity contribution is 6.11. The molecule has 1 aromatic carbocycles. The average Bonchev–Trinajstić information content (AvgIpc) is 3.19. The molecule has 5 heteroatoms. The number of aromatic nitrogens is 2. The number of ether oxygens (including phenoxy) is 1. The summed E-state index contributed by atoms with van der Waals surface area (Å²) in [5.74, 6) is 6.81. The van der Waals surface area contributed by atoms with Gasteiger partial charge in [-0.05, 0) is 30.2 Å². The molecule has 31 heavy (non-hydrogen) atoms. The van der Waals surface area contributed by atoms with Crippen molar-refractivity contribution in [2.24, 2.45) is 18.9 Å². The van der Waals surface area contributed by atoms with Gasteiger partial charge in [0.1, 0.15) is 0 Å². The van der Waals surface area contributed by atoms with Crippen LogP contribution in [0.3, 0.4) is 0 Å². The van der Waals surface area contributed by atoms with Crippen molar-refractivity contribution in [3.63, 3.8) is 0 Å². The molecule has 2 saturated heterocycles. The summed E-state index contributed by atoms with van der Waals surface area (Å²) in [5.41, 5.74) is 5.73. The lowest BCUT2D eigenvalue weighted by Gasteiger charge is -2.56. The molecule has 1 aromatic heterocycles. The van der Waals surface area contributed by atoms with E-state index >= 15 is 0 Å². The highest BCUT2D eigenvalue weighted by Gasteiger charge is 2.56. The zero-order valence-corrected chi connectivity index (χ0v) is 17.6. The number of rotatable bonds is 2. The highest BCUT2D eigenvalue weighted by Crippen LogP contribution is 2.56. The second kappa shape index (κ2) is 6.83. The SMILES string of the molecule is CCC1=C2C3CC(O3)C3C=CC(C#Cc4cnn(C)c4)=C(C(=O)N1c1ccccc1)C23. The van der Waals surface area contributed by atoms with Crippen molar-refractivity contribution in [1.29, 1.82) is 0 Å². The van der Waals surface area contributed by atoms with Crippen LogP contribution in [0.15, 0.2) is 77.3 Å². The number of benzene rings is 1. The Bertz CT molecular complexity index is 1230. The van der Waals surface area contributed by atoms with Gasteiger partial charge in [0.05, 0.1) is 24.0 Å². The maximum Gasteiger partial charge on any atom is 0.260 e. The smallest absolute Gasteiger partial charge is 0.260 e. The third-order valence-electron chi connectivity index (χ3n) is 6.80. The van der Waals surface area contributed by atoms with E-state index < -0.39 is 0 Å². The quantitative estimate of drug-likeness (QED) is 0.710. The Kier molecular flexibility index (Phi) is 4.06. The fraction of sp³-hybridized carbons (Fsp3) is 0.308. The van der Waals surface area contributed by atoms with Gasteiger partial charge in [0.25, 0.3) is 5.91 Å². The third kappa shape index (κ3) is 2.68. The van der Waals surface area contributed by atoms with Gasteiger partial charge in [-0.25, -0.2) is 0 Å². The molecule has 2 aliphatic carbocycles. The Morgan fingerprint density at radius 1 is 1.23 bits per heavy atom. The van der Waals surface area contributed by atoms with Gasteiger partial charge in [0, 0.05) is 54.0 Å². The first-order valence-corrected chi connectivity index (χ1v) is 10.9. The second-order valence-corrected chi connectivity index (χ2v) is 8.52. The van der Waals surface area contributed by atoms with Gasteiger partial charge >= 0.3 is 0 Å². The second-order valence-electron chi connectivity index (χ2n) is 8.52. The summed E-state index contributed by atoms with van der Waals surface area (Å²) in [4.78, 5) is 15.9. The lowest BCUT2D eigenvalue weighted by molar-refractivity contribution is -0.160. The molecule has 154 valence electrons. The first kappa shape index (κ1) is 18.4. The van der Waals surface area contributed by atoms with Gasteiger partial charge in [0.2, 0.25) is 0 Å². The first-order valence-electron chi connectivity index (χ1n) is 10.9. The number of aryl methyl sites for hydroxylation is 1. The van der Waals surface area contributed by atoms with E-state index in [2.05, 4.69) is 29.9 Å². The van der Waals surface area contributed by atoms with E-state index in [0.717, 1.165) is 40.9 Å². The molecule has 0 spiro atoms. The minimum atomic E-state index is 0.0444. The van der Waals surface area contributed by atoms with Crippen LogP contribution in [0.25, 0.3) is 0 Å². The maximum atomic E-state index is 14.0. The van der Waals surface area contributed by atoms with Gasteiger partial charge < -0.3 is 4.74 Å². The molecule has 2 aromatic rings. The molecule has 4 atom stereocenters. The minimum Gasteiger partial charge on any atom is -0.370 e. The summed E-state index contributed by atoms with van der Waals surface area (Å²) in [7, 11) is 1.87. The standard InChI is InChI=1S/C26H23N3O2/c1-3-20-25-22-13-21(31-22)19-12-11-17(10-9-16-14-27-28(2)15-16)23(24(19)25)26(30)29(20)18-7-5-4-6-8-18/h4-8,11-12,14-15,19,21-22,24H,3,13H2,1-2H3. The van der Waals surface area contributed by atoms with Crippen LogP contribution in [0, 0.1) is 23.7 Å². The lowest BCUT2D eigenvalue weighted by Crippen LogP contribution is -2.59. The largest absolute Gasteiger partial charge is 0.370 e. The Morgan fingerprint density at radius 2 is 2.03 bits per heavy atom. The van der Waals surface area contributed by atoms with E-state index in [1.54, 1.807) is 10.9 Å². The molecular formula is C26H23N3O2. The number of nitrogens with zero attached hydrogens (tertiary/aromatic N) is 3. The zero-order valence-electron chi connectivity index (χ0n) is 17.6. The topological polar surface area (TPSA) is 47.4 Å². The molecule has 0 radical (unpaired) electrons. The van der Waals surface area contributed by atoms with Crippen LogP contribution in [-0.2, 0) is 16.6 Å². The van der Waals surface area contributed by atoms with Crippen LogP contribution in [-0.4, -0.2) is 27.9 Å². The summed E-state index contributed by atoms with van der Waals surface area (Å²) < 4.78 is 7.97. The Hall–Kier alpha value is -3.36. The molecule has 3 aliphatic heterocycles. The summed E-state index contributed by atoms with van der Waals surface area (Å²) in [6, 6.07) is 9.93. The normalized spacial score (nSPS) is 28.2. The average molecular weight is 409 g/mol. The molecule has 5 aliphatic rings. The molecule has 3 fully saturated rings. The number of anilines is 1. The van der Waals surface area contributed by atoms with E-state index in [-0.39, 0.29) is 30.0 Å². The Labute approximate surface area is 181 Å². The molecule has 4 unspecified atom stereocenters. The van der Waals surface area contributed by atoms with Crippen molar-refractivity contribution < 1.29 is 9.53 Å². The van der Waals surface area contributed by atoms with E-state index in [4.69, 9.17) is 4.74 Å². The van der Waals surface area contributed by atoms with E-state index in [1.165, 1.54) is 5.57 Å². The number of hydrogen-bond donors (Lipinski definition) is 0. The van der Waals surface area contributed by atoms with Crippen LogP contribution < -0.4 is 4.90 Å². The van der Waals surface area contributed by atoms with Crippen molar-refractivity contribution >= 4 is 11.6 Å². The van der Waals surface area contributed by atoms with Crippen molar-refractivity contribution in [2.75, 3.05) is 4.90 Å². The fourth-order valence-electron chi connectivity index (χ4n) is 5.46. The van der Waals surface area contributed by atoms with Crippen LogP contribution in [0.1, 0.15) is 25.3 Å². The maximum absolute atomic E-state index is 14.0. The fourth-order valence-corrected chi connectivity index (χ4v) is 5.46. The van der Waals surface area contributed by atoms with E-state index in [9.17, 15) is 4.79 Å². The van der Waals surface area contributed by atoms with Gasteiger partial charge in [-0.1, -0.05) is 43.0 Å². The minimum absolute atomic E-state index is 0.0444. The van der Waals surface area contributed by atoms with Crippen LogP contribution >= 0.6 is 0 Å². The molecule has 7 rings (SSSR count). The number of para-hydroxylation sites is 1. The molecular weight excluding hydrogens is 386 g/mol. The summed E-state index contributed by atoms with van der Waals surface area (Å²) >= 11 is 0. The Morgan fingerprint density at radius 3 is 2.74 bits per heavy atom. The van der Waals surface area contributed by atoms with Crippen molar-refractivity contribution in [3.05, 3.63) is 82.9 Å². The number of allylic oxidation sites excluding steroid dienone is 3. The van der Waals surface area contributed by atoms with Crippen LogP contribution in [0.5, 0.6) is 0 Å². The van der Waals surface area contributed by atoms with E-state index in [0.29, 0.717) is 0 Å². The number of carbonyl (C=O) groups excluding carboxylic acids is 1. The van der Waals surface area contributed by atoms with Crippen molar-refractivity contribution in [1.82, 2.24) is 9.78 Å². The summed E-state index contributed by atoms with van der Waals surface area (Å²) in [6.07, 6.45) is 10.00. The molecule has 1 amide bonds. The monoisotopic (exact) mass is 409 g/mol. The number of carbonyl (C=O) groups is 1. The Balaban J connectivity index is 1.55. The van der Waals surface area contributed by atoms with Gasteiger partial charge in [-0.15, -0.1) is 0 Å². The highest BCUT2D eigenvalue weighted by atomic mass is 16.5. The van der Waals surface area contributed by atoms with E-state index in [1.807, 2.05) is 54.6 Å². The molecule has 2 bridgehead atoms. The predicted molar refractivity (Wildman–Crippen MR) is 118 cm³/mol. The molecule has 0 N–H and O–H groups in total. The predicted octanol–water partition coefficient (Wildman–Crippen LogP) is 3.75. The van der Waals surface area contributed by atoms with Gasteiger partial charge in [-0.3, -0.25) is 14.4 Å². The van der Waals surface area contributed by atoms with Gasteiger partial charge in [-0.2, -0.15) is 5.10 Å². The van der Waals surface area contributed by atoms with Crippen molar-refractivity contribution in [3.8, 4) is 11.8 Å². The molecule has 5 nitrogen and oxygen atoms in total. The number of amides is 1. The van der Waals surface area contributed by atoms with Gasteiger partial charge in [0.15, 0.2) is 0 Å². The lowest BCUT2D eigenvalue weighted by atomic mass is 9.61. The molecule has 1 saturated carbocycles. The zero-order chi connectivity index (χ0) is 21.1. The number of hydrogen-bond acceptors (Lipinski definition) is 3. The van der Waals surface area contributed by atoms with Crippen molar-refractivity contribution in [2.45, 2.75) is 32.0 Å². The van der Waals surface area contributed by atoms with Crippen LogP contribution in [0.2, 0.25) is 0 Å². The summed E-state index contributed by atoms with van der Waals surface area (Å²) in [6.45, 7) is 2.13. The van der Waals surface area contributed by atoms with Crippen LogP contribution in [0.4, 0.5) is 5.69 Å². The first-order chi connectivity index (χ1) is 15.2. The molecule has 4 heterocycles. The third-order valence-corrected chi connectivity index (χ3v) is 6.80.